The lowest BCUT2D eigenvalue weighted by Crippen LogP contribution is -2.26. The van der Waals surface area contributed by atoms with E-state index >= 15 is 0 Å². The molecule has 0 aliphatic carbocycles. The largest absolute Gasteiger partial charge is 0.478 e. The number of aromatic carboxylic acids is 1. The fraction of sp³-hybridized carbons (Fsp3) is 0. The van der Waals surface area contributed by atoms with Crippen LogP contribution in [0, 0.1) is 0 Å². The van der Waals surface area contributed by atoms with E-state index in [1.807, 2.05) is 0 Å². The van der Waals surface area contributed by atoms with E-state index in [2.05, 4.69) is 14.2 Å². The quantitative estimate of drug-likeness (QED) is 0.435. The summed E-state index contributed by atoms with van der Waals surface area (Å²) in [6, 6.07) is 4.81. The van der Waals surface area contributed by atoms with Crippen molar-refractivity contribution in [2.24, 2.45) is 0 Å². The first-order chi connectivity index (χ1) is 14.2. The Morgan fingerprint density at radius 1 is 0.667 bits per heavy atom. The van der Waals surface area contributed by atoms with Gasteiger partial charge in [-0.15, -0.1) is 0 Å². The summed E-state index contributed by atoms with van der Waals surface area (Å²) in [6.07, 6.45) is 0. The number of carbonyl (C=O) groups is 7. The first-order valence-corrected chi connectivity index (χ1v) is 8.02. The average molecular weight is 410 g/mol. The number of rotatable bonds is 3. The summed E-state index contributed by atoms with van der Waals surface area (Å²) >= 11 is 0. The van der Waals surface area contributed by atoms with Crippen LogP contribution in [0.2, 0.25) is 0 Å². The van der Waals surface area contributed by atoms with E-state index in [1.165, 1.54) is 0 Å². The molecule has 1 N–H and O–H groups in total. The van der Waals surface area contributed by atoms with Crippen molar-refractivity contribution in [3.05, 3.63) is 69.3 Å². The molecule has 2 heterocycles. The van der Waals surface area contributed by atoms with Gasteiger partial charge in [0.15, 0.2) is 0 Å². The van der Waals surface area contributed by atoms with Gasteiger partial charge in [-0.3, -0.25) is 0 Å². The van der Waals surface area contributed by atoms with Gasteiger partial charge in [0.2, 0.25) is 0 Å². The van der Waals surface area contributed by atoms with E-state index in [9.17, 15) is 38.7 Å². The van der Waals surface area contributed by atoms with Gasteiger partial charge in [0, 0.05) is 0 Å². The highest BCUT2D eigenvalue weighted by Crippen LogP contribution is 2.26. The minimum Gasteiger partial charge on any atom is -0.478 e. The number of carboxylic acid groups (broad SMARTS) is 1. The lowest BCUT2D eigenvalue weighted by atomic mass is 9.96. The zero-order valence-corrected chi connectivity index (χ0v) is 14.4. The molecule has 11 nitrogen and oxygen atoms in total. The highest BCUT2D eigenvalue weighted by molar-refractivity contribution is 6.18. The molecule has 0 atom stereocenters. The molecule has 4 rings (SSSR count). The SMILES string of the molecule is O=C(OC(=O)c1cc(C(=O)O)c2cc1C(=O)OC2=O)c1ccc2c(c1)C(=O)OC2=O. The Morgan fingerprint density at radius 3 is 1.87 bits per heavy atom. The third kappa shape index (κ3) is 2.81. The highest BCUT2D eigenvalue weighted by atomic mass is 16.6. The number of carbonyl (C=O) groups excluding carboxylic acids is 6. The van der Waals surface area contributed by atoms with Crippen LogP contribution in [0.3, 0.4) is 0 Å². The van der Waals surface area contributed by atoms with Crippen LogP contribution in [-0.2, 0) is 14.2 Å². The van der Waals surface area contributed by atoms with Crippen molar-refractivity contribution in [2.45, 2.75) is 0 Å². The van der Waals surface area contributed by atoms with Crippen LogP contribution in [0.5, 0.6) is 0 Å². The monoisotopic (exact) mass is 410 g/mol. The zero-order valence-electron chi connectivity index (χ0n) is 14.4. The van der Waals surface area contributed by atoms with Crippen LogP contribution in [0.25, 0.3) is 0 Å². The summed E-state index contributed by atoms with van der Waals surface area (Å²) < 4.78 is 13.4. The number of hydrogen-bond acceptors (Lipinski definition) is 10. The van der Waals surface area contributed by atoms with E-state index < -0.39 is 64.0 Å². The molecule has 2 bridgehead atoms. The van der Waals surface area contributed by atoms with Gasteiger partial charge >= 0.3 is 41.8 Å². The van der Waals surface area contributed by atoms with Crippen molar-refractivity contribution >= 4 is 41.8 Å². The fourth-order valence-corrected chi connectivity index (χ4v) is 2.89. The summed E-state index contributed by atoms with van der Waals surface area (Å²) in [4.78, 5) is 82.6. The van der Waals surface area contributed by atoms with Gasteiger partial charge in [0.05, 0.1) is 38.9 Å². The van der Waals surface area contributed by atoms with Gasteiger partial charge in [-0.05, 0) is 30.3 Å². The number of benzene rings is 2. The summed E-state index contributed by atoms with van der Waals surface area (Å²) in [5.74, 6) is -8.50. The zero-order chi connectivity index (χ0) is 21.7. The van der Waals surface area contributed by atoms with Crippen molar-refractivity contribution in [1.29, 1.82) is 0 Å². The predicted molar refractivity (Wildman–Crippen MR) is 89.1 cm³/mol. The number of esters is 6. The number of fused-ring (bicyclic) bond motifs is 3. The Balaban J connectivity index is 1.67. The molecule has 0 aromatic heterocycles. The molecule has 0 radical (unpaired) electrons. The van der Waals surface area contributed by atoms with E-state index in [-0.39, 0.29) is 16.7 Å². The minimum absolute atomic E-state index is 0.0681. The Bertz CT molecular complexity index is 1250. The predicted octanol–water partition coefficient (Wildman–Crippen LogP) is 1.00. The van der Waals surface area contributed by atoms with Gasteiger partial charge < -0.3 is 19.3 Å². The fourth-order valence-electron chi connectivity index (χ4n) is 2.89. The molecule has 0 amide bonds. The van der Waals surface area contributed by atoms with E-state index in [4.69, 9.17) is 0 Å². The van der Waals surface area contributed by atoms with Crippen molar-refractivity contribution in [1.82, 2.24) is 0 Å². The van der Waals surface area contributed by atoms with Gasteiger partial charge in [-0.2, -0.15) is 0 Å². The molecule has 0 unspecified atom stereocenters. The Hall–Kier alpha value is -4.67. The lowest BCUT2D eigenvalue weighted by molar-refractivity contribution is 0.0343. The van der Waals surface area contributed by atoms with Crippen LogP contribution < -0.4 is 0 Å². The molecule has 2 aliphatic rings. The smallest absolute Gasteiger partial charge is 0.346 e. The molecule has 2 aliphatic heterocycles. The summed E-state index contributed by atoms with van der Waals surface area (Å²) in [5, 5.41) is 9.21. The third-order valence-corrected chi connectivity index (χ3v) is 4.30. The standard InChI is InChI=1S/C19H6O11/c20-13(21)8-4-11(12-5-10(8)17(25)30-19(12)27)18(26)28-14(22)6-1-2-7-9(3-6)16(24)29-15(7)23/h1-5H,(H,20,21). The Kier molecular flexibility index (Phi) is 4.01. The average Bonchev–Trinajstić information content (AvgIpc) is 2.99. The second-order valence-corrected chi connectivity index (χ2v) is 6.04. The molecule has 0 spiro atoms. The Morgan fingerprint density at radius 2 is 1.23 bits per heavy atom. The normalized spacial score (nSPS) is 14.0. The minimum atomic E-state index is -1.58. The first kappa shape index (κ1) is 18.7. The van der Waals surface area contributed by atoms with Gasteiger partial charge in [-0.1, -0.05) is 0 Å². The number of hydrogen-bond donors (Lipinski definition) is 1. The third-order valence-electron chi connectivity index (χ3n) is 4.30. The molecule has 30 heavy (non-hydrogen) atoms. The van der Waals surface area contributed by atoms with Crippen LogP contribution in [0.15, 0.2) is 30.3 Å². The van der Waals surface area contributed by atoms with Gasteiger partial charge in [0.1, 0.15) is 0 Å². The summed E-state index contributed by atoms with van der Waals surface area (Å²) in [6.45, 7) is 0. The molecule has 0 saturated carbocycles. The van der Waals surface area contributed by atoms with Crippen molar-refractivity contribution < 1.29 is 52.9 Å². The van der Waals surface area contributed by atoms with Gasteiger partial charge in [0.25, 0.3) is 0 Å². The second-order valence-electron chi connectivity index (χ2n) is 6.04. The van der Waals surface area contributed by atoms with Crippen molar-refractivity contribution in [2.75, 3.05) is 0 Å². The molecule has 148 valence electrons. The number of carboxylic acids is 1. The topological polar surface area (TPSA) is 167 Å². The molecule has 0 saturated heterocycles. The molecular weight excluding hydrogens is 404 g/mol. The maximum atomic E-state index is 12.4. The molecule has 2 aromatic rings. The van der Waals surface area contributed by atoms with Crippen LogP contribution >= 0.6 is 0 Å². The molecular formula is C19H6O11. The van der Waals surface area contributed by atoms with Gasteiger partial charge in [-0.25, -0.2) is 33.6 Å². The van der Waals surface area contributed by atoms with Crippen molar-refractivity contribution in [3.8, 4) is 0 Å². The number of cyclic esters (lactones) is 4. The lowest BCUT2D eigenvalue weighted by Gasteiger charge is -2.16. The second kappa shape index (κ2) is 6.44. The molecule has 0 fully saturated rings. The number of ether oxygens (including phenoxy) is 3. The molecule has 11 heteroatoms. The van der Waals surface area contributed by atoms with E-state index in [0.29, 0.717) is 0 Å². The van der Waals surface area contributed by atoms with E-state index in [0.717, 1.165) is 30.3 Å². The summed E-state index contributed by atoms with van der Waals surface area (Å²) in [7, 11) is 0. The van der Waals surface area contributed by atoms with Crippen LogP contribution in [0.4, 0.5) is 0 Å². The Labute approximate surface area is 164 Å². The maximum absolute atomic E-state index is 12.4. The van der Waals surface area contributed by atoms with Crippen LogP contribution in [0.1, 0.15) is 72.5 Å². The van der Waals surface area contributed by atoms with Crippen LogP contribution in [-0.4, -0.2) is 46.9 Å². The summed E-state index contributed by atoms with van der Waals surface area (Å²) in [5.41, 5.74) is -2.70. The first-order valence-electron chi connectivity index (χ1n) is 8.02. The van der Waals surface area contributed by atoms with Crippen molar-refractivity contribution in [3.63, 3.8) is 0 Å². The maximum Gasteiger partial charge on any atom is 0.346 e. The molecule has 2 aromatic carbocycles. The highest BCUT2D eigenvalue weighted by Gasteiger charge is 2.35. The van der Waals surface area contributed by atoms with E-state index in [1.54, 1.807) is 0 Å².